The number of para-hydroxylation sites is 1. The van der Waals surface area contributed by atoms with E-state index in [1.165, 1.54) is 17.9 Å². The van der Waals surface area contributed by atoms with Gasteiger partial charge in [-0.2, -0.15) is 0 Å². The Morgan fingerprint density at radius 2 is 1.88 bits per heavy atom. The first kappa shape index (κ1) is 13.2. The van der Waals surface area contributed by atoms with E-state index >= 15 is 0 Å². The summed E-state index contributed by atoms with van der Waals surface area (Å²) in [5, 5.41) is 18.3. The molecule has 0 aliphatic rings. The molecule has 0 spiro atoms. The summed E-state index contributed by atoms with van der Waals surface area (Å²) in [4.78, 5) is 23.1. The summed E-state index contributed by atoms with van der Waals surface area (Å²) >= 11 is 0. The van der Waals surface area contributed by atoms with Crippen molar-refractivity contribution in [2.45, 2.75) is 13.5 Å². The van der Waals surface area contributed by atoms with Crippen molar-refractivity contribution >= 4 is 11.8 Å². The van der Waals surface area contributed by atoms with Crippen LogP contribution in [0.25, 0.3) is 0 Å². The average molecular weight is 237 g/mol. The summed E-state index contributed by atoms with van der Waals surface area (Å²) in [5.41, 5.74) is 0.606. The largest absolute Gasteiger partial charge is 0.508 e. The molecule has 0 heterocycles. The summed E-state index contributed by atoms with van der Waals surface area (Å²) in [6.45, 7) is 1.47. The van der Waals surface area contributed by atoms with Crippen molar-refractivity contribution in [3.8, 4) is 5.75 Å². The van der Waals surface area contributed by atoms with E-state index in [1.807, 2.05) is 0 Å². The van der Waals surface area contributed by atoms with E-state index in [-0.39, 0.29) is 31.2 Å². The number of Topliss-reactive ketones (excluding diaryl/α,β-unsaturated/α-hetero) is 1. The number of benzene rings is 1. The van der Waals surface area contributed by atoms with Gasteiger partial charge in [-0.15, -0.1) is 0 Å². The summed E-state index contributed by atoms with van der Waals surface area (Å²) in [6, 6.07) is 6.67. The third kappa shape index (κ3) is 4.65. The van der Waals surface area contributed by atoms with E-state index < -0.39 is 5.97 Å². The van der Waals surface area contributed by atoms with Gasteiger partial charge in [0.2, 0.25) is 0 Å². The standard InChI is InChI=1S/C12H15NO4/c1-9(14)6-13(8-12(16)17)7-10-4-2-3-5-11(10)15/h2-5,15H,6-8H2,1H3,(H,16,17). The summed E-state index contributed by atoms with van der Waals surface area (Å²) in [6.07, 6.45) is 0. The fraction of sp³-hybridized carbons (Fsp3) is 0.333. The van der Waals surface area contributed by atoms with Crippen LogP contribution in [0, 0.1) is 0 Å². The SMILES string of the molecule is CC(=O)CN(CC(=O)O)Cc1ccccc1O. The molecule has 2 N–H and O–H groups in total. The van der Waals surface area contributed by atoms with Gasteiger partial charge < -0.3 is 10.2 Å². The van der Waals surface area contributed by atoms with E-state index in [1.54, 1.807) is 18.2 Å². The van der Waals surface area contributed by atoms with E-state index in [4.69, 9.17) is 5.11 Å². The van der Waals surface area contributed by atoms with Crippen LogP contribution in [0.2, 0.25) is 0 Å². The zero-order valence-corrected chi connectivity index (χ0v) is 9.59. The smallest absolute Gasteiger partial charge is 0.317 e. The fourth-order valence-corrected chi connectivity index (χ4v) is 1.56. The van der Waals surface area contributed by atoms with Gasteiger partial charge in [-0.25, -0.2) is 0 Å². The van der Waals surface area contributed by atoms with Crippen LogP contribution < -0.4 is 0 Å². The molecule has 0 aliphatic carbocycles. The van der Waals surface area contributed by atoms with Gasteiger partial charge in [-0.1, -0.05) is 18.2 Å². The number of carboxylic acids is 1. The molecule has 0 atom stereocenters. The van der Waals surface area contributed by atoms with Gasteiger partial charge in [-0.3, -0.25) is 14.5 Å². The predicted octanol–water partition coefficient (Wildman–Crippen LogP) is 0.868. The van der Waals surface area contributed by atoms with E-state index in [2.05, 4.69) is 0 Å². The van der Waals surface area contributed by atoms with Crippen LogP contribution in [-0.2, 0) is 16.1 Å². The molecule has 92 valence electrons. The second-order valence-electron chi connectivity index (χ2n) is 3.87. The number of hydrogen-bond acceptors (Lipinski definition) is 4. The summed E-state index contributed by atoms with van der Waals surface area (Å²) in [7, 11) is 0. The molecular formula is C12H15NO4. The number of phenols is 1. The third-order valence-corrected chi connectivity index (χ3v) is 2.19. The van der Waals surface area contributed by atoms with Gasteiger partial charge in [0.1, 0.15) is 11.5 Å². The van der Waals surface area contributed by atoms with Crippen LogP contribution in [-0.4, -0.2) is 40.0 Å². The molecule has 0 unspecified atom stereocenters. The zero-order chi connectivity index (χ0) is 12.8. The number of carbonyl (C=O) groups is 2. The Bertz CT molecular complexity index is 401. The molecule has 0 amide bonds. The van der Waals surface area contributed by atoms with Crippen LogP contribution >= 0.6 is 0 Å². The monoisotopic (exact) mass is 237 g/mol. The zero-order valence-electron chi connectivity index (χ0n) is 9.59. The Morgan fingerprint density at radius 1 is 1.24 bits per heavy atom. The molecule has 0 bridgehead atoms. The number of rotatable bonds is 6. The van der Waals surface area contributed by atoms with Crippen molar-refractivity contribution in [1.29, 1.82) is 0 Å². The topological polar surface area (TPSA) is 77.8 Å². The van der Waals surface area contributed by atoms with Gasteiger partial charge in [0.05, 0.1) is 13.1 Å². The summed E-state index contributed by atoms with van der Waals surface area (Å²) < 4.78 is 0. The number of aromatic hydroxyl groups is 1. The van der Waals surface area contributed by atoms with Crippen molar-refractivity contribution in [1.82, 2.24) is 4.90 Å². The van der Waals surface area contributed by atoms with Crippen LogP contribution in [0.4, 0.5) is 0 Å². The number of nitrogens with zero attached hydrogens (tertiary/aromatic N) is 1. The van der Waals surface area contributed by atoms with Crippen molar-refractivity contribution in [2.24, 2.45) is 0 Å². The number of carbonyl (C=O) groups excluding carboxylic acids is 1. The van der Waals surface area contributed by atoms with Crippen LogP contribution in [0.5, 0.6) is 5.75 Å². The van der Waals surface area contributed by atoms with Gasteiger partial charge in [0, 0.05) is 12.1 Å². The highest BCUT2D eigenvalue weighted by atomic mass is 16.4. The fourth-order valence-electron chi connectivity index (χ4n) is 1.56. The number of carboxylic acid groups (broad SMARTS) is 1. The normalized spacial score (nSPS) is 10.5. The maximum Gasteiger partial charge on any atom is 0.317 e. The maximum absolute atomic E-state index is 11.0. The molecule has 0 aliphatic heterocycles. The lowest BCUT2D eigenvalue weighted by Crippen LogP contribution is -2.33. The molecule has 0 radical (unpaired) electrons. The van der Waals surface area contributed by atoms with Crippen LogP contribution in [0.1, 0.15) is 12.5 Å². The quantitative estimate of drug-likeness (QED) is 0.767. The first-order chi connectivity index (χ1) is 7.99. The highest BCUT2D eigenvalue weighted by Gasteiger charge is 2.13. The Hall–Kier alpha value is -1.88. The van der Waals surface area contributed by atoms with E-state index in [9.17, 15) is 14.7 Å². The van der Waals surface area contributed by atoms with Crippen molar-refractivity contribution in [3.05, 3.63) is 29.8 Å². The van der Waals surface area contributed by atoms with Gasteiger partial charge in [0.25, 0.3) is 0 Å². The maximum atomic E-state index is 11.0. The number of ketones is 1. The Morgan fingerprint density at radius 3 is 2.41 bits per heavy atom. The predicted molar refractivity (Wildman–Crippen MR) is 61.7 cm³/mol. The lowest BCUT2D eigenvalue weighted by molar-refractivity contribution is -0.138. The molecule has 0 saturated heterocycles. The van der Waals surface area contributed by atoms with Gasteiger partial charge in [0.15, 0.2) is 0 Å². The van der Waals surface area contributed by atoms with Crippen molar-refractivity contribution in [3.63, 3.8) is 0 Å². The van der Waals surface area contributed by atoms with Crippen LogP contribution in [0.15, 0.2) is 24.3 Å². The number of hydrogen-bond donors (Lipinski definition) is 2. The Labute approximate surface area is 99.3 Å². The highest BCUT2D eigenvalue weighted by Crippen LogP contribution is 2.17. The first-order valence-corrected chi connectivity index (χ1v) is 5.19. The van der Waals surface area contributed by atoms with Crippen LogP contribution in [0.3, 0.4) is 0 Å². The lowest BCUT2D eigenvalue weighted by Gasteiger charge is -2.19. The summed E-state index contributed by atoms with van der Waals surface area (Å²) in [5.74, 6) is -1.00. The molecule has 0 aromatic heterocycles. The number of phenolic OH excluding ortho intramolecular Hbond substituents is 1. The van der Waals surface area contributed by atoms with E-state index in [0.717, 1.165) is 0 Å². The Kier molecular flexibility index (Phi) is 4.66. The molecule has 1 aromatic carbocycles. The first-order valence-electron chi connectivity index (χ1n) is 5.19. The Balaban J connectivity index is 2.75. The van der Waals surface area contributed by atoms with E-state index in [0.29, 0.717) is 5.56 Å². The average Bonchev–Trinajstić information content (AvgIpc) is 2.19. The van der Waals surface area contributed by atoms with Crippen molar-refractivity contribution in [2.75, 3.05) is 13.1 Å². The molecule has 5 nitrogen and oxygen atoms in total. The minimum absolute atomic E-state index is 0.0562. The second-order valence-corrected chi connectivity index (χ2v) is 3.87. The number of aliphatic carboxylic acids is 1. The molecule has 5 heteroatoms. The van der Waals surface area contributed by atoms with Crippen molar-refractivity contribution < 1.29 is 19.8 Å². The third-order valence-electron chi connectivity index (χ3n) is 2.19. The molecular weight excluding hydrogens is 222 g/mol. The lowest BCUT2D eigenvalue weighted by atomic mass is 10.2. The minimum atomic E-state index is -0.998. The highest BCUT2D eigenvalue weighted by molar-refractivity contribution is 5.78. The molecule has 17 heavy (non-hydrogen) atoms. The molecule has 0 saturated carbocycles. The van der Waals surface area contributed by atoms with Gasteiger partial charge in [-0.05, 0) is 13.0 Å². The minimum Gasteiger partial charge on any atom is -0.508 e. The second kappa shape index (κ2) is 6.00. The molecule has 0 fully saturated rings. The van der Waals surface area contributed by atoms with Gasteiger partial charge >= 0.3 is 5.97 Å². The molecule has 1 rings (SSSR count). The molecule has 1 aromatic rings.